The second kappa shape index (κ2) is 6.42. The SMILES string of the molecule is CN(C)c1ccc(/C=N/N=C(\N)c2cnccn2)cc1. The number of aromatic nitrogens is 2. The molecular formula is C14H16N6. The lowest BCUT2D eigenvalue weighted by Crippen LogP contribution is -2.14. The Balaban J connectivity index is 2.06. The van der Waals surface area contributed by atoms with Gasteiger partial charge < -0.3 is 10.6 Å². The summed E-state index contributed by atoms with van der Waals surface area (Å²) in [6.45, 7) is 0. The minimum Gasteiger partial charge on any atom is -0.380 e. The summed E-state index contributed by atoms with van der Waals surface area (Å²) < 4.78 is 0. The predicted octanol–water partition coefficient (Wildman–Crippen LogP) is 1.28. The Morgan fingerprint density at radius 2 is 1.95 bits per heavy atom. The fraction of sp³-hybridized carbons (Fsp3) is 0.143. The van der Waals surface area contributed by atoms with Crippen LogP contribution >= 0.6 is 0 Å². The fourth-order valence-corrected chi connectivity index (χ4v) is 1.50. The summed E-state index contributed by atoms with van der Waals surface area (Å²) in [7, 11) is 3.99. The van der Waals surface area contributed by atoms with Gasteiger partial charge in [-0.05, 0) is 17.7 Å². The summed E-state index contributed by atoms with van der Waals surface area (Å²) >= 11 is 0. The highest BCUT2D eigenvalue weighted by atomic mass is 15.2. The van der Waals surface area contributed by atoms with E-state index in [0.29, 0.717) is 5.69 Å². The molecule has 1 heterocycles. The number of nitrogens with zero attached hydrogens (tertiary/aromatic N) is 5. The number of rotatable bonds is 4. The van der Waals surface area contributed by atoms with Crippen LogP contribution in [0.4, 0.5) is 5.69 Å². The van der Waals surface area contributed by atoms with Crippen molar-refractivity contribution < 1.29 is 0 Å². The van der Waals surface area contributed by atoms with Crippen molar-refractivity contribution in [2.24, 2.45) is 15.9 Å². The van der Waals surface area contributed by atoms with E-state index >= 15 is 0 Å². The molecule has 0 spiro atoms. The Labute approximate surface area is 117 Å². The lowest BCUT2D eigenvalue weighted by atomic mass is 10.2. The molecule has 0 bridgehead atoms. The number of nitrogens with two attached hydrogens (primary N) is 1. The van der Waals surface area contributed by atoms with Gasteiger partial charge in [0.1, 0.15) is 5.69 Å². The molecule has 2 rings (SSSR count). The molecule has 6 nitrogen and oxygen atoms in total. The minimum atomic E-state index is 0.235. The van der Waals surface area contributed by atoms with E-state index in [1.807, 2.05) is 43.3 Å². The minimum absolute atomic E-state index is 0.235. The van der Waals surface area contributed by atoms with E-state index in [9.17, 15) is 0 Å². The Bertz CT molecular complexity index is 601. The molecule has 1 aromatic carbocycles. The van der Waals surface area contributed by atoms with Gasteiger partial charge >= 0.3 is 0 Å². The lowest BCUT2D eigenvalue weighted by Gasteiger charge is -2.11. The first-order valence-corrected chi connectivity index (χ1v) is 6.07. The summed E-state index contributed by atoms with van der Waals surface area (Å²) in [6, 6.07) is 7.95. The van der Waals surface area contributed by atoms with Gasteiger partial charge in [0, 0.05) is 32.2 Å². The maximum absolute atomic E-state index is 5.75. The van der Waals surface area contributed by atoms with Crippen molar-refractivity contribution >= 4 is 17.7 Å². The largest absolute Gasteiger partial charge is 0.380 e. The van der Waals surface area contributed by atoms with E-state index in [1.54, 1.807) is 24.8 Å². The highest BCUT2D eigenvalue weighted by Gasteiger charge is 1.98. The highest BCUT2D eigenvalue weighted by Crippen LogP contribution is 2.10. The standard InChI is InChI=1S/C14H16N6/c1-20(2)12-5-3-11(4-6-12)9-18-19-14(15)13-10-16-7-8-17-13/h3-10H,1-2H3,(H2,15,19)/b18-9+. The van der Waals surface area contributed by atoms with Crippen LogP contribution in [0.25, 0.3) is 0 Å². The summed E-state index contributed by atoms with van der Waals surface area (Å²) in [5.74, 6) is 0.235. The van der Waals surface area contributed by atoms with Crippen molar-refractivity contribution in [1.29, 1.82) is 0 Å². The molecule has 2 aromatic rings. The topological polar surface area (TPSA) is 79.8 Å². The molecule has 1 aromatic heterocycles. The Hall–Kier alpha value is -2.76. The Morgan fingerprint density at radius 3 is 2.55 bits per heavy atom. The normalized spacial score (nSPS) is 11.8. The van der Waals surface area contributed by atoms with Gasteiger partial charge in [-0.1, -0.05) is 12.1 Å². The third kappa shape index (κ3) is 3.61. The van der Waals surface area contributed by atoms with Crippen LogP contribution in [-0.2, 0) is 0 Å². The highest BCUT2D eigenvalue weighted by molar-refractivity contribution is 5.95. The first-order valence-electron chi connectivity index (χ1n) is 6.07. The van der Waals surface area contributed by atoms with Gasteiger partial charge in [-0.3, -0.25) is 4.98 Å². The Kier molecular flexibility index (Phi) is 4.39. The van der Waals surface area contributed by atoms with Crippen LogP contribution in [0.1, 0.15) is 11.3 Å². The number of amidine groups is 1. The number of hydrogen-bond acceptors (Lipinski definition) is 5. The van der Waals surface area contributed by atoms with Crippen LogP contribution in [0.3, 0.4) is 0 Å². The van der Waals surface area contributed by atoms with Crippen molar-refractivity contribution in [3.05, 3.63) is 54.1 Å². The van der Waals surface area contributed by atoms with E-state index in [4.69, 9.17) is 5.73 Å². The third-order valence-corrected chi connectivity index (χ3v) is 2.61. The molecule has 0 fully saturated rings. The molecule has 0 radical (unpaired) electrons. The van der Waals surface area contributed by atoms with Crippen molar-refractivity contribution in [3.8, 4) is 0 Å². The molecule has 102 valence electrons. The second-order valence-corrected chi connectivity index (χ2v) is 4.31. The van der Waals surface area contributed by atoms with Gasteiger partial charge in [-0.25, -0.2) is 4.98 Å². The molecule has 20 heavy (non-hydrogen) atoms. The first kappa shape index (κ1) is 13.7. The molecule has 0 atom stereocenters. The van der Waals surface area contributed by atoms with E-state index in [2.05, 4.69) is 20.2 Å². The quantitative estimate of drug-likeness (QED) is 0.514. The molecule has 6 heteroatoms. The van der Waals surface area contributed by atoms with Gasteiger partial charge in [0.25, 0.3) is 0 Å². The van der Waals surface area contributed by atoms with Crippen LogP contribution in [-0.4, -0.2) is 36.1 Å². The van der Waals surface area contributed by atoms with Crippen LogP contribution < -0.4 is 10.6 Å². The van der Waals surface area contributed by atoms with Gasteiger partial charge in [-0.2, -0.15) is 5.10 Å². The average molecular weight is 268 g/mol. The second-order valence-electron chi connectivity index (χ2n) is 4.31. The Morgan fingerprint density at radius 1 is 1.20 bits per heavy atom. The first-order chi connectivity index (χ1) is 9.66. The zero-order valence-electron chi connectivity index (χ0n) is 11.4. The van der Waals surface area contributed by atoms with Crippen molar-refractivity contribution in [3.63, 3.8) is 0 Å². The van der Waals surface area contributed by atoms with Crippen LogP contribution in [0.2, 0.25) is 0 Å². The van der Waals surface area contributed by atoms with E-state index in [0.717, 1.165) is 11.3 Å². The molecule has 0 saturated carbocycles. The zero-order chi connectivity index (χ0) is 14.4. The maximum Gasteiger partial charge on any atom is 0.173 e. The smallest absolute Gasteiger partial charge is 0.173 e. The molecular weight excluding hydrogens is 252 g/mol. The van der Waals surface area contributed by atoms with Gasteiger partial charge in [0.15, 0.2) is 5.84 Å². The number of benzene rings is 1. The van der Waals surface area contributed by atoms with Crippen LogP contribution in [0, 0.1) is 0 Å². The predicted molar refractivity (Wildman–Crippen MR) is 81.1 cm³/mol. The fourth-order valence-electron chi connectivity index (χ4n) is 1.50. The molecule has 2 N–H and O–H groups in total. The summed E-state index contributed by atoms with van der Waals surface area (Å²) in [5.41, 5.74) is 8.34. The summed E-state index contributed by atoms with van der Waals surface area (Å²) in [6.07, 6.45) is 6.32. The van der Waals surface area contributed by atoms with Crippen molar-refractivity contribution in [2.45, 2.75) is 0 Å². The van der Waals surface area contributed by atoms with E-state index in [-0.39, 0.29) is 5.84 Å². The molecule has 0 aliphatic heterocycles. The van der Waals surface area contributed by atoms with Crippen molar-refractivity contribution in [2.75, 3.05) is 19.0 Å². The van der Waals surface area contributed by atoms with Crippen LogP contribution in [0.5, 0.6) is 0 Å². The molecule has 0 saturated heterocycles. The zero-order valence-corrected chi connectivity index (χ0v) is 11.4. The molecule has 0 unspecified atom stereocenters. The van der Waals surface area contributed by atoms with E-state index in [1.165, 1.54) is 0 Å². The maximum atomic E-state index is 5.75. The summed E-state index contributed by atoms with van der Waals surface area (Å²) in [4.78, 5) is 9.99. The third-order valence-electron chi connectivity index (χ3n) is 2.61. The molecule has 0 aliphatic rings. The van der Waals surface area contributed by atoms with Crippen LogP contribution in [0.15, 0.2) is 53.1 Å². The van der Waals surface area contributed by atoms with Gasteiger partial charge in [-0.15, -0.1) is 5.10 Å². The van der Waals surface area contributed by atoms with E-state index < -0.39 is 0 Å². The van der Waals surface area contributed by atoms with Gasteiger partial charge in [0.05, 0.1) is 12.4 Å². The summed E-state index contributed by atoms with van der Waals surface area (Å²) in [5, 5.41) is 7.85. The lowest BCUT2D eigenvalue weighted by molar-refractivity contribution is 1.13. The average Bonchev–Trinajstić information content (AvgIpc) is 2.48. The number of hydrogen-bond donors (Lipinski definition) is 1. The molecule has 0 aliphatic carbocycles. The number of anilines is 1. The monoisotopic (exact) mass is 268 g/mol. The molecule has 0 amide bonds. The van der Waals surface area contributed by atoms with Gasteiger partial charge in [0.2, 0.25) is 0 Å². The van der Waals surface area contributed by atoms with Crippen molar-refractivity contribution in [1.82, 2.24) is 9.97 Å².